The molecule has 0 fully saturated rings. The van der Waals surface area contributed by atoms with Crippen LogP contribution in [-0.4, -0.2) is 11.9 Å². The van der Waals surface area contributed by atoms with Crippen molar-refractivity contribution in [3.05, 3.63) is 60.2 Å². The molecular formula is C15H15ClN2O2. The molecule has 0 saturated heterocycles. The fourth-order valence-corrected chi connectivity index (χ4v) is 2.15. The molecule has 2 atom stereocenters. The number of anilines is 1. The molecule has 0 saturated carbocycles. The first-order valence-electron chi connectivity index (χ1n) is 6.13. The van der Waals surface area contributed by atoms with E-state index in [1.54, 1.807) is 6.07 Å². The first-order valence-corrected chi connectivity index (χ1v) is 6.13. The highest BCUT2D eigenvalue weighted by Crippen LogP contribution is 2.33. The minimum absolute atomic E-state index is 0. The Labute approximate surface area is 123 Å². The summed E-state index contributed by atoms with van der Waals surface area (Å²) < 4.78 is 5.92. The second-order valence-corrected chi connectivity index (χ2v) is 4.46. The van der Waals surface area contributed by atoms with Crippen molar-refractivity contribution in [3.63, 3.8) is 0 Å². The van der Waals surface area contributed by atoms with Gasteiger partial charge in [0, 0.05) is 0 Å². The Morgan fingerprint density at radius 1 is 1.00 bits per heavy atom. The summed E-state index contributed by atoms with van der Waals surface area (Å²) in [4.78, 5) is 12.0. The maximum Gasteiger partial charge on any atom is 0.245 e. The highest BCUT2D eigenvalue weighted by molar-refractivity contribution is 5.97. The Bertz CT molecular complexity index is 604. The maximum atomic E-state index is 12.0. The monoisotopic (exact) mass is 290 g/mol. The average molecular weight is 291 g/mol. The zero-order chi connectivity index (χ0) is 13.2. The maximum absolute atomic E-state index is 12.0. The molecule has 104 valence electrons. The van der Waals surface area contributed by atoms with E-state index < -0.39 is 12.1 Å². The van der Waals surface area contributed by atoms with E-state index in [9.17, 15) is 4.79 Å². The molecule has 0 aliphatic carbocycles. The summed E-state index contributed by atoms with van der Waals surface area (Å²) in [6.07, 6.45) is -0.482. The van der Waals surface area contributed by atoms with Crippen LogP contribution in [-0.2, 0) is 4.79 Å². The van der Waals surface area contributed by atoms with Crippen molar-refractivity contribution >= 4 is 24.0 Å². The van der Waals surface area contributed by atoms with Gasteiger partial charge in [-0.05, 0) is 17.7 Å². The van der Waals surface area contributed by atoms with Crippen LogP contribution in [0.25, 0.3) is 0 Å². The third-order valence-corrected chi connectivity index (χ3v) is 3.16. The standard InChI is InChI=1S/C15H14N2O2.ClH/c16-13-14(10-6-2-1-3-7-10)19-12-9-5-4-8-11(12)17-15(13)18;/h1-9,13-14H,16H2,(H,17,18);1H/t13-,14+;/m0./s1. The lowest BCUT2D eigenvalue weighted by Crippen LogP contribution is -2.41. The molecule has 0 spiro atoms. The molecule has 4 nitrogen and oxygen atoms in total. The van der Waals surface area contributed by atoms with Crippen molar-refractivity contribution in [1.82, 2.24) is 0 Å². The van der Waals surface area contributed by atoms with Gasteiger partial charge in [-0.2, -0.15) is 0 Å². The number of hydrogen-bond donors (Lipinski definition) is 2. The molecule has 3 rings (SSSR count). The topological polar surface area (TPSA) is 64.4 Å². The number of rotatable bonds is 1. The normalized spacial score (nSPS) is 20.8. The van der Waals surface area contributed by atoms with Gasteiger partial charge in [0.05, 0.1) is 5.69 Å². The number of nitrogens with two attached hydrogens (primary N) is 1. The molecular weight excluding hydrogens is 276 g/mol. The highest BCUT2D eigenvalue weighted by Gasteiger charge is 2.31. The summed E-state index contributed by atoms with van der Waals surface area (Å²) in [5, 5.41) is 2.78. The molecule has 0 bridgehead atoms. The summed E-state index contributed by atoms with van der Waals surface area (Å²) in [7, 11) is 0. The lowest BCUT2D eigenvalue weighted by molar-refractivity contribution is -0.119. The van der Waals surface area contributed by atoms with Gasteiger partial charge in [0.15, 0.2) is 0 Å². The van der Waals surface area contributed by atoms with Crippen LogP contribution < -0.4 is 15.8 Å². The Kier molecular flexibility index (Phi) is 4.27. The number of halogens is 1. The number of hydrogen-bond acceptors (Lipinski definition) is 3. The van der Waals surface area contributed by atoms with E-state index in [1.807, 2.05) is 48.5 Å². The van der Waals surface area contributed by atoms with Gasteiger partial charge in [-0.15, -0.1) is 12.4 Å². The number of amides is 1. The first kappa shape index (κ1) is 14.4. The van der Waals surface area contributed by atoms with E-state index in [4.69, 9.17) is 10.5 Å². The molecule has 2 aromatic rings. The van der Waals surface area contributed by atoms with Crippen LogP contribution in [0.5, 0.6) is 5.75 Å². The number of ether oxygens (including phenoxy) is 1. The van der Waals surface area contributed by atoms with Gasteiger partial charge < -0.3 is 15.8 Å². The van der Waals surface area contributed by atoms with Crippen molar-refractivity contribution in [3.8, 4) is 5.75 Å². The van der Waals surface area contributed by atoms with Gasteiger partial charge in [0.2, 0.25) is 5.91 Å². The SMILES string of the molecule is Cl.N[C@@H]1C(=O)Nc2ccccc2O[C@@H]1c1ccccc1. The van der Waals surface area contributed by atoms with Crippen LogP contribution in [0.15, 0.2) is 54.6 Å². The summed E-state index contributed by atoms with van der Waals surface area (Å²) in [5.41, 5.74) is 7.54. The van der Waals surface area contributed by atoms with Crippen LogP contribution in [0.3, 0.4) is 0 Å². The third-order valence-electron chi connectivity index (χ3n) is 3.16. The van der Waals surface area contributed by atoms with Gasteiger partial charge in [-0.1, -0.05) is 42.5 Å². The Balaban J connectivity index is 0.00000147. The van der Waals surface area contributed by atoms with E-state index in [0.717, 1.165) is 5.56 Å². The number of carbonyl (C=O) groups is 1. The fraction of sp³-hybridized carbons (Fsp3) is 0.133. The number of para-hydroxylation sites is 2. The number of carbonyl (C=O) groups excluding carboxylic acids is 1. The van der Waals surface area contributed by atoms with Crippen LogP contribution in [0.1, 0.15) is 11.7 Å². The van der Waals surface area contributed by atoms with Crippen molar-refractivity contribution in [1.29, 1.82) is 0 Å². The van der Waals surface area contributed by atoms with E-state index >= 15 is 0 Å². The second kappa shape index (κ2) is 5.94. The largest absolute Gasteiger partial charge is 0.481 e. The smallest absolute Gasteiger partial charge is 0.245 e. The van der Waals surface area contributed by atoms with E-state index in [-0.39, 0.29) is 18.3 Å². The molecule has 3 N–H and O–H groups in total. The van der Waals surface area contributed by atoms with E-state index in [1.165, 1.54) is 0 Å². The van der Waals surface area contributed by atoms with Crippen molar-refractivity contribution < 1.29 is 9.53 Å². The first-order chi connectivity index (χ1) is 9.25. The van der Waals surface area contributed by atoms with E-state index in [0.29, 0.717) is 11.4 Å². The predicted octanol–water partition coefficient (Wildman–Crippen LogP) is 2.51. The predicted molar refractivity (Wildman–Crippen MR) is 80.1 cm³/mol. The van der Waals surface area contributed by atoms with Gasteiger partial charge in [0.1, 0.15) is 17.9 Å². The lowest BCUT2D eigenvalue weighted by atomic mass is 10.0. The molecule has 0 unspecified atom stereocenters. The molecule has 0 radical (unpaired) electrons. The van der Waals surface area contributed by atoms with Gasteiger partial charge >= 0.3 is 0 Å². The van der Waals surface area contributed by atoms with Crippen molar-refractivity contribution in [2.24, 2.45) is 5.73 Å². The zero-order valence-electron chi connectivity index (χ0n) is 10.7. The van der Waals surface area contributed by atoms with Crippen molar-refractivity contribution in [2.45, 2.75) is 12.1 Å². The van der Waals surface area contributed by atoms with Gasteiger partial charge in [-0.25, -0.2) is 0 Å². The summed E-state index contributed by atoms with van der Waals surface area (Å²) in [6.45, 7) is 0. The summed E-state index contributed by atoms with van der Waals surface area (Å²) in [5.74, 6) is 0.399. The Morgan fingerprint density at radius 2 is 1.65 bits per heavy atom. The minimum atomic E-state index is -0.741. The second-order valence-electron chi connectivity index (χ2n) is 4.46. The highest BCUT2D eigenvalue weighted by atomic mass is 35.5. The van der Waals surface area contributed by atoms with Crippen LogP contribution >= 0.6 is 12.4 Å². The van der Waals surface area contributed by atoms with Crippen LogP contribution in [0.4, 0.5) is 5.69 Å². The number of nitrogens with one attached hydrogen (secondary N) is 1. The van der Waals surface area contributed by atoms with Crippen molar-refractivity contribution in [2.75, 3.05) is 5.32 Å². The molecule has 1 aliphatic heterocycles. The third kappa shape index (κ3) is 2.61. The molecule has 5 heteroatoms. The Morgan fingerprint density at radius 3 is 2.40 bits per heavy atom. The summed E-state index contributed by atoms with van der Waals surface area (Å²) in [6, 6.07) is 16.1. The van der Waals surface area contributed by atoms with Gasteiger partial charge in [-0.3, -0.25) is 4.79 Å². The van der Waals surface area contributed by atoms with Crippen LogP contribution in [0, 0.1) is 0 Å². The summed E-state index contributed by atoms with van der Waals surface area (Å²) >= 11 is 0. The van der Waals surface area contributed by atoms with Gasteiger partial charge in [0.25, 0.3) is 0 Å². The number of fused-ring (bicyclic) bond motifs is 1. The quantitative estimate of drug-likeness (QED) is 0.848. The Hall–Kier alpha value is -2.04. The lowest BCUT2D eigenvalue weighted by Gasteiger charge is -2.21. The molecule has 2 aromatic carbocycles. The van der Waals surface area contributed by atoms with E-state index in [2.05, 4.69) is 5.32 Å². The number of benzene rings is 2. The fourth-order valence-electron chi connectivity index (χ4n) is 2.15. The minimum Gasteiger partial charge on any atom is -0.481 e. The molecule has 0 aromatic heterocycles. The molecule has 1 aliphatic rings. The molecule has 1 heterocycles. The molecule has 20 heavy (non-hydrogen) atoms. The zero-order valence-corrected chi connectivity index (χ0v) is 11.5. The van der Waals surface area contributed by atoms with Crippen LogP contribution in [0.2, 0.25) is 0 Å². The molecule has 1 amide bonds. The average Bonchev–Trinajstić information content (AvgIpc) is 2.58.